The third-order valence-electron chi connectivity index (χ3n) is 2.86. The number of hydrogen-bond acceptors (Lipinski definition) is 2. The zero-order chi connectivity index (χ0) is 15.6. The van der Waals surface area contributed by atoms with Crippen molar-refractivity contribution in [3.8, 4) is 0 Å². The number of carbonyl (C=O) groups excluding carboxylic acids is 1. The molecule has 0 spiro atoms. The van der Waals surface area contributed by atoms with Crippen LogP contribution in [0.4, 0.5) is 15.8 Å². The predicted molar refractivity (Wildman–Crippen MR) is 87.8 cm³/mol. The van der Waals surface area contributed by atoms with Crippen molar-refractivity contribution in [3.05, 3.63) is 57.3 Å². The molecule has 21 heavy (non-hydrogen) atoms. The molecule has 2 aromatic rings. The van der Waals surface area contributed by atoms with Crippen molar-refractivity contribution in [2.24, 2.45) is 0 Å². The van der Waals surface area contributed by atoms with E-state index in [0.717, 1.165) is 5.69 Å². The molecule has 0 aromatic heterocycles. The SMILES string of the molecule is CN(C)c1ccc(NC(=O)c2ccc(F)cc2Br)cc1Cl. The normalized spacial score (nSPS) is 10.3. The quantitative estimate of drug-likeness (QED) is 0.858. The molecule has 0 heterocycles. The van der Waals surface area contributed by atoms with Crippen LogP contribution in [-0.2, 0) is 0 Å². The summed E-state index contributed by atoms with van der Waals surface area (Å²) in [6, 6.07) is 9.16. The van der Waals surface area contributed by atoms with Crippen molar-refractivity contribution in [3.63, 3.8) is 0 Å². The summed E-state index contributed by atoms with van der Waals surface area (Å²) in [5, 5.41) is 3.27. The Hall–Kier alpha value is -1.59. The lowest BCUT2D eigenvalue weighted by molar-refractivity contribution is 0.102. The van der Waals surface area contributed by atoms with E-state index in [4.69, 9.17) is 11.6 Å². The standard InChI is InChI=1S/C15H13BrClFN2O/c1-20(2)14-6-4-10(8-13(14)17)19-15(21)11-5-3-9(18)7-12(11)16/h3-8H,1-2H3,(H,19,21). The van der Waals surface area contributed by atoms with Crippen LogP contribution in [0.15, 0.2) is 40.9 Å². The zero-order valence-corrected chi connectivity index (χ0v) is 13.8. The maximum absolute atomic E-state index is 13.0. The number of nitrogens with one attached hydrogen (secondary N) is 1. The van der Waals surface area contributed by atoms with Gasteiger partial charge in [-0.25, -0.2) is 4.39 Å². The number of nitrogens with zero attached hydrogens (tertiary/aromatic N) is 1. The molecule has 0 aliphatic carbocycles. The second-order valence-electron chi connectivity index (χ2n) is 4.64. The highest BCUT2D eigenvalue weighted by atomic mass is 79.9. The minimum atomic E-state index is -0.406. The molecule has 0 fully saturated rings. The molecule has 0 bridgehead atoms. The van der Waals surface area contributed by atoms with Crippen LogP contribution < -0.4 is 10.2 Å². The van der Waals surface area contributed by atoms with Crippen LogP contribution in [0.3, 0.4) is 0 Å². The molecule has 3 nitrogen and oxygen atoms in total. The molecule has 0 aliphatic heterocycles. The Labute approximate surface area is 135 Å². The number of halogens is 3. The highest BCUT2D eigenvalue weighted by Crippen LogP contribution is 2.28. The minimum Gasteiger partial charge on any atom is -0.376 e. The summed E-state index contributed by atoms with van der Waals surface area (Å²) in [5.41, 5.74) is 1.79. The molecule has 0 unspecified atom stereocenters. The van der Waals surface area contributed by atoms with Crippen LogP contribution >= 0.6 is 27.5 Å². The van der Waals surface area contributed by atoms with Crippen molar-refractivity contribution in [1.82, 2.24) is 0 Å². The monoisotopic (exact) mass is 370 g/mol. The van der Waals surface area contributed by atoms with Gasteiger partial charge in [0, 0.05) is 24.3 Å². The fourth-order valence-corrected chi connectivity index (χ4v) is 2.70. The third-order valence-corrected chi connectivity index (χ3v) is 3.82. The molecule has 0 saturated carbocycles. The number of amides is 1. The number of benzene rings is 2. The Morgan fingerprint density at radius 2 is 1.95 bits per heavy atom. The van der Waals surface area contributed by atoms with E-state index in [1.54, 1.807) is 12.1 Å². The summed E-state index contributed by atoms with van der Waals surface area (Å²) in [6.45, 7) is 0. The summed E-state index contributed by atoms with van der Waals surface area (Å²) in [7, 11) is 3.77. The first kappa shape index (κ1) is 15.8. The van der Waals surface area contributed by atoms with Gasteiger partial charge in [-0.1, -0.05) is 11.6 Å². The summed E-state index contributed by atoms with van der Waals surface area (Å²) < 4.78 is 13.4. The van der Waals surface area contributed by atoms with Gasteiger partial charge in [0.25, 0.3) is 5.91 Å². The fourth-order valence-electron chi connectivity index (χ4n) is 1.82. The van der Waals surface area contributed by atoms with E-state index in [2.05, 4.69) is 21.2 Å². The van der Waals surface area contributed by atoms with Crippen LogP contribution in [-0.4, -0.2) is 20.0 Å². The van der Waals surface area contributed by atoms with Crippen LogP contribution in [0.5, 0.6) is 0 Å². The molecular formula is C15H13BrClFN2O. The number of carbonyl (C=O) groups is 1. The lowest BCUT2D eigenvalue weighted by Crippen LogP contribution is -2.13. The van der Waals surface area contributed by atoms with Gasteiger partial charge >= 0.3 is 0 Å². The topological polar surface area (TPSA) is 32.3 Å². The first-order chi connectivity index (χ1) is 9.88. The molecule has 0 saturated heterocycles. The van der Waals surface area contributed by atoms with Gasteiger partial charge in [-0.3, -0.25) is 4.79 Å². The van der Waals surface area contributed by atoms with Crippen molar-refractivity contribution >= 4 is 44.8 Å². The third kappa shape index (κ3) is 3.74. The minimum absolute atomic E-state index is 0.337. The molecular weight excluding hydrogens is 359 g/mol. The molecule has 2 aromatic carbocycles. The average Bonchev–Trinajstić information content (AvgIpc) is 2.37. The summed E-state index contributed by atoms with van der Waals surface area (Å²) >= 11 is 9.33. The maximum atomic E-state index is 13.0. The lowest BCUT2D eigenvalue weighted by Gasteiger charge is -2.15. The van der Waals surface area contributed by atoms with Crippen molar-refractivity contribution in [2.75, 3.05) is 24.3 Å². The molecule has 1 N–H and O–H groups in total. The van der Waals surface area contributed by atoms with E-state index < -0.39 is 5.82 Å². The highest BCUT2D eigenvalue weighted by Gasteiger charge is 2.12. The Bertz CT molecular complexity index is 691. The first-order valence-electron chi connectivity index (χ1n) is 6.12. The smallest absolute Gasteiger partial charge is 0.256 e. The van der Waals surface area contributed by atoms with Gasteiger partial charge in [0.15, 0.2) is 0 Å². The van der Waals surface area contributed by atoms with Gasteiger partial charge in [0.2, 0.25) is 0 Å². The molecule has 0 aliphatic rings. The molecule has 0 atom stereocenters. The predicted octanol–water partition coefficient (Wildman–Crippen LogP) is 4.56. The Kier molecular flexibility index (Phi) is 4.85. The van der Waals surface area contributed by atoms with E-state index >= 15 is 0 Å². The Morgan fingerprint density at radius 1 is 1.24 bits per heavy atom. The summed E-state index contributed by atoms with van der Waals surface area (Å²) in [4.78, 5) is 14.0. The lowest BCUT2D eigenvalue weighted by atomic mass is 10.2. The van der Waals surface area contributed by atoms with Crippen LogP contribution in [0.25, 0.3) is 0 Å². The van der Waals surface area contributed by atoms with E-state index in [9.17, 15) is 9.18 Å². The first-order valence-corrected chi connectivity index (χ1v) is 7.29. The highest BCUT2D eigenvalue weighted by molar-refractivity contribution is 9.10. The second kappa shape index (κ2) is 6.45. The van der Waals surface area contributed by atoms with Crippen LogP contribution in [0.2, 0.25) is 5.02 Å². The van der Waals surface area contributed by atoms with E-state index in [1.807, 2.05) is 25.1 Å². The van der Waals surface area contributed by atoms with Gasteiger partial charge < -0.3 is 10.2 Å². The molecule has 0 radical (unpaired) electrons. The Morgan fingerprint density at radius 3 is 2.52 bits per heavy atom. The number of anilines is 2. The Balaban J connectivity index is 2.22. The van der Waals surface area contributed by atoms with Gasteiger partial charge in [-0.2, -0.15) is 0 Å². The maximum Gasteiger partial charge on any atom is 0.256 e. The second-order valence-corrected chi connectivity index (χ2v) is 5.90. The molecule has 110 valence electrons. The van der Waals surface area contributed by atoms with E-state index in [0.29, 0.717) is 20.7 Å². The average molecular weight is 372 g/mol. The van der Waals surface area contributed by atoms with Gasteiger partial charge in [0.1, 0.15) is 5.82 Å². The number of rotatable bonds is 3. The molecule has 6 heteroatoms. The largest absolute Gasteiger partial charge is 0.376 e. The van der Waals surface area contributed by atoms with E-state index in [-0.39, 0.29) is 5.91 Å². The number of hydrogen-bond donors (Lipinski definition) is 1. The van der Waals surface area contributed by atoms with Crippen molar-refractivity contribution in [1.29, 1.82) is 0 Å². The van der Waals surface area contributed by atoms with Crippen LogP contribution in [0, 0.1) is 5.82 Å². The van der Waals surface area contributed by atoms with Gasteiger partial charge in [0.05, 0.1) is 16.3 Å². The van der Waals surface area contributed by atoms with Gasteiger partial charge in [-0.05, 0) is 52.3 Å². The summed E-state index contributed by atoms with van der Waals surface area (Å²) in [5.74, 6) is -0.743. The van der Waals surface area contributed by atoms with Gasteiger partial charge in [-0.15, -0.1) is 0 Å². The van der Waals surface area contributed by atoms with Crippen molar-refractivity contribution < 1.29 is 9.18 Å². The van der Waals surface area contributed by atoms with Crippen LogP contribution in [0.1, 0.15) is 10.4 Å². The molecule has 1 amide bonds. The molecule has 2 rings (SSSR count). The fraction of sp³-hybridized carbons (Fsp3) is 0.133. The van der Waals surface area contributed by atoms with E-state index in [1.165, 1.54) is 18.2 Å². The summed E-state index contributed by atoms with van der Waals surface area (Å²) in [6.07, 6.45) is 0. The zero-order valence-electron chi connectivity index (χ0n) is 11.5. The van der Waals surface area contributed by atoms with Crippen molar-refractivity contribution in [2.45, 2.75) is 0 Å².